The van der Waals surface area contributed by atoms with E-state index in [0.29, 0.717) is 18.3 Å². The lowest BCUT2D eigenvalue weighted by Crippen LogP contribution is -2.42. The van der Waals surface area contributed by atoms with Gasteiger partial charge in [0, 0.05) is 23.7 Å². The molecule has 2 heterocycles. The molecule has 0 aromatic heterocycles. The zero-order valence-corrected chi connectivity index (χ0v) is 16.6. The Morgan fingerprint density at radius 3 is 2.63 bits per heavy atom. The van der Waals surface area contributed by atoms with E-state index in [1.54, 1.807) is 0 Å². The van der Waals surface area contributed by atoms with Gasteiger partial charge >= 0.3 is 0 Å². The van der Waals surface area contributed by atoms with Crippen LogP contribution in [-0.2, 0) is 0 Å². The number of ether oxygens (including phenoxy) is 3. The molecule has 2 aromatic carbocycles. The van der Waals surface area contributed by atoms with Gasteiger partial charge < -0.3 is 24.8 Å². The summed E-state index contributed by atoms with van der Waals surface area (Å²) in [6.07, 6.45) is 0.825. The fraction of sp³-hybridized carbons (Fsp3) is 0.381. The molecule has 142 valence electrons. The van der Waals surface area contributed by atoms with Crippen molar-refractivity contribution in [3.05, 3.63) is 47.5 Å². The SMILES string of the molecule is Cc1ccc2c(c1)OC(C)(C)C[C@H]2NC(=S)Nc1ccc2c(c1)OCCO2. The van der Waals surface area contributed by atoms with E-state index in [1.165, 1.54) is 5.56 Å². The normalized spacial score (nSPS) is 19.4. The molecule has 0 fully saturated rings. The van der Waals surface area contributed by atoms with Gasteiger partial charge in [0.2, 0.25) is 0 Å². The molecule has 2 aliphatic heterocycles. The molecule has 1 atom stereocenters. The number of fused-ring (bicyclic) bond motifs is 2. The average molecular weight is 385 g/mol. The Morgan fingerprint density at radius 2 is 1.81 bits per heavy atom. The molecule has 5 nitrogen and oxygen atoms in total. The van der Waals surface area contributed by atoms with Crippen LogP contribution in [-0.4, -0.2) is 23.9 Å². The van der Waals surface area contributed by atoms with Crippen LogP contribution in [0.2, 0.25) is 0 Å². The predicted octanol–water partition coefficient (Wildman–Crippen LogP) is 4.36. The highest BCUT2D eigenvalue weighted by molar-refractivity contribution is 7.80. The quantitative estimate of drug-likeness (QED) is 0.751. The molecule has 2 aromatic rings. The first kappa shape index (κ1) is 17.9. The summed E-state index contributed by atoms with van der Waals surface area (Å²) in [4.78, 5) is 0. The molecule has 0 unspecified atom stereocenters. The summed E-state index contributed by atoms with van der Waals surface area (Å²) >= 11 is 5.57. The zero-order chi connectivity index (χ0) is 19.0. The van der Waals surface area contributed by atoms with Crippen molar-refractivity contribution in [2.24, 2.45) is 0 Å². The van der Waals surface area contributed by atoms with Crippen LogP contribution >= 0.6 is 12.2 Å². The van der Waals surface area contributed by atoms with Crippen LogP contribution < -0.4 is 24.8 Å². The van der Waals surface area contributed by atoms with Crippen molar-refractivity contribution in [1.29, 1.82) is 0 Å². The summed E-state index contributed by atoms with van der Waals surface area (Å²) in [5.41, 5.74) is 2.92. The second-order valence-electron chi connectivity index (χ2n) is 7.62. The molecule has 6 heteroatoms. The Morgan fingerprint density at radius 1 is 1.04 bits per heavy atom. The van der Waals surface area contributed by atoms with E-state index >= 15 is 0 Å². The minimum atomic E-state index is -0.259. The van der Waals surface area contributed by atoms with Crippen molar-refractivity contribution >= 4 is 23.0 Å². The fourth-order valence-electron chi connectivity index (χ4n) is 3.53. The maximum atomic E-state index is 6.16. The van der Waals surface area contributed by atoms with E-state index in [4.69, 9.17) is 26.4 Å². The molecule has 0 aliphatic carbocycles. The van der Waals surface area contributed by atoms with Crippen molar-refractivity contribution in [2.45, 2.75) is 38.8 Å². The largest absolute Gasteiger partial charge is 0.487 e. The lowest BCUT2D eigenvalue weighted by molar-refractivity contribution is 0.0696. The standard InChI is InChI=1S/C21H24N2O3S/c1-13-4-6-15-16(12-21(2,3)26-18(15)10-13)23-20(27)22-14-5-7-17-19(11-14)25-9-8-24-17/h4-7,10-11,16H,8-9,12H2,1-3H3,(H2,22,23,27)/t16-/m1/s1. The van der Waals surface area contributed by atoms with Crippen molar-refractivity contribution in [3.63, 3.8) is 0 Å². The summed E-state index contributed by atoms with van der Waals surface area (Å²) in [6, 6.07) is 12.1. The molecule has 0 saturated heterocycles. The van der Waals surface area contributed by atoms with Gasteiger partial charge in [-0.3, -0.25) is 0 Å². The number of rotatable bonds is 2. The molecular formula is C21H24N2O3S. The molecule has 2 aliphatic rings. The van der Waals surface area contributed by atoms with Gasteiger partial charge in [-0.1, -0.05) is 12.1 Å². The predicted molar refractivity (Wildman–Crippen MR) is 110 cm³/mol. The van der Waals surface area contributed by atoms with Gasteiger partial charge in [0.15, 0.2) is 16.6 Å². The van der Waals surface area contributed by atoms with E-state index in [1.807, 2.05) is 18.2 Å². The first-order valence-corrected chi connectivity index (χ1v) is 9.57. The van der Waals surface area contributed by atoms with Gasteiger partial charge in [-0.2, -0.15) is 0 Å². The maximum Gasteiger partial charge on any atom is 0.171 e. The first-order valence-electron chi connectivity index (χ1n) is 9.16. The smallest absolute Gasteiger partial charge is 0.171 e. The molecule has 2 N–H and O–H groups in total. The number of hydrogen-bond acceptors (Lipinski definition) is 4. The Kier molecular flexibility index (Phi) is 4.60. The lowest BCUT2D eigenvalue weighted by Gasteiger charge is -2.38. The number of nitrogens with one attached hydrogen (secondary N) is 2. The molecule has 0 bridgehead atoms. The third kappa shape index (κ3) is 3.95. The Bertz CT molecular complexity index is 882. The first-order chi connectivity index (χ1) is 12.9. The van der Waals surface area contributed by atoms with Crippen LogP contribution in [0, 0.1) is 6.92 Å². The molecular weight excluding hydrogens is 360 g/mol. The summed E-state index contributed by atoms with van der Waals surface area (Å²) in [6.45, 7) is 7.42. The lowest BCUT2D eigenvalue weighted by atomic mass is 9.89. The third-order valence-corrected chi connectivity index (χ3v) is 4.95. The van der Waals surface area contributed by atoms with Crippen LogP contribution in [0.25, 0.3) is 0 Å². The molecule has 27 heavy (non-hydrogen) atoms. The number of thiocarbonyl (C=S) groups is 1. The second kappa shape index (κ2) is 6.93. The van der Waals surface area contributed by atoms with Gasteiger partial charge in [-0.05, 0) is 56.8 Å². The number of anilines is 1. The maximum absolute atomic E-state index is 6.16. The Labute approximate surface area is 165 Å². The van der Waals surface area contributed by atoms with Crippen molar-refractivity contribution in [1.82, 2.24) is 5.32 Å². The van der Waals surface area contributed by atoms with Gasteiger partial charge in [0.1, 0.15) is 24.6 Å². The third-order valence-electron chi connectivity index (χ3n) is 4.73. The number of aryl methyl sites for hydroxylation is 1. The van der Waals surface area contributed by atoms with Crippen molar-refractivity contribution in [3.8, 4) is 17.2 Å². The van der Waals surface area contributed by atoms with E-state index in [2.05, 4.69) is 49.6 Å². The average Bonchev–Trinajstić information content (AvgIpc) is 2.60. The van der Waals surface area contributed by atoms with Gasteiger partial charge in [0.25, 0.3) is 0 Å². The van der Waals surface area contributed by atoms with Crippen LogP contribution in [0.15, 0.2) is 36.4 Å². The minimum Gasteiger partial charge on any atom is -0.487 e. The summed E-state index contributed by atoms with van der Waals surface area (Å²) in [5.74, 6) is 2.43. The van der Waals surface area contributed by atoms with Crippen LogP contribution in [0.5, 0.6) is 17.2 Å². The van der Waals surface area contributed by atoms with E-state index in [0.717, 1.165) is 34.9 Å². The monoisotopic (exact) mass is 384 g/mol. The number of hydrogen-bond donors (Lipinski definition) is 2. The van der Waals surface area contributed by atoms with E-state index in [-0.39, 0.29) is 11.6 Å². The second-order valence-corrected chi connectivity index (χ2v) is 8.02. The summed E-state index contributed by atoms with van der Waals surface area (Å²) < 4.78 is 17.4. The molecule has 0 spiro atoms. The summed E-state index contributed by atoms with van der Waals surface area (Å²) in [7, 11) is 0. The molecule has 0 amide bonds. The van der Waals surface area contributed by atoms with Crippen molar-refractivity contribution in [2.75, 3.05) is 18.5 Å². The Balaban J connectivity index is 1.49. The Hall–Kier alpha value is -2.47. The van der Waals surface area contributed by atoms with Gasteiger partial charge in [0.05, 0.1) is 6.04 Å². The molecule has 4 rings (SSSR count). The van der Waals surface area contributed by atoms with Gasteiger partial charge in [-0.25, -0.2) is 0 Å². The number of benzene rings is 2. The van der Waals surface area contributed by atoms with Crippen LogP contribution in [0.3, 0.4) is 0 Å². The summed E-state index contributed by atoms with van der Waals surface area (Å²) in [5, 5.41) is 7.27. The van der Waals surface area contributed by atoms with Crippen LogP contribution in [0.4, 0.5) is 5.69 Å². The van der Waals surface area contributed by atoms with Crippen molar-refractivity contribution < 1.29 is 14.2 Å². The fourth-order valence-corrected chi connectivity index (χ4v) is 3.79. The highest BCUT2D eigenvalue weighted by Gasteiger charge is 2.34. The van der Waals surface area contributed by atoms with Gasteiger partial charge in [-0.15, -0.1) is 0 Å². The highest BCUT2D eigenvalue weighted by Crippen LogP contribution is 2.40. The zero-order valence-electron chi connectivity index (χ0n) is 15.8. The van der Waals surface area contributed by atoms with Crippen LogP contribution in [0.1, 0.15) is 37.4 Å². The van der Waals surface area contributed by atoms with E-state index < -0.39 is 0 Å². The molecule has 0 radical (unpaired) electrons. The minimum absolute atomic E-state index is 0.0848. The molecule has 0 saturated carbocycles. The van der Waals surface area contributed by atoms with E-state index in [9.17, 15) is 0 Å². The topological polar surface area (TPSA) is 51.8 Å². The highest BCUT2D eigenvalue weighted by atomic mass is 32.1.